The van der Waals surface area contributed by atoms with Crippen molar-refractivity contribution in [1.29, 1.82) is 0 Å². The van der Waals surface area contributed by atoms with Gasteiger partial charge in [-0.2, -0.15) is 0 Å². The summed E-state index contributed by atoms with van der Waals surface area (Å²) in [5, 5.41) is 62.1. The first-order valence-electron chi connectivity index (χ1n) is 8.27. The highest BCUT2D eigenvalue weighted by Crippen LogP contribution is 2.81. The van der Waals surface area contributed by atoms with Crippen molar-refractivity contribution in [1.82, 2.24) is 0 Å². The first-order valence-corrected chi connectivity index (χ1v) is 8.27. The second-order valence-corrected chi connectivity index (χ2v) is 8.13. The van der Waals surface area contributed by atoms with E-state index < -0.39 is 65.8 Å². The molecular weight excluding hydrogens is 324 g/mol. The summed E-state index contributed by atoms with van der Waals surface area (Å²) in [6, 6.07) is 0. The maximum absolute atomic E-state index is 11.3. The average Bonchev–Trinajstić information content (AvgIpc) is 2.70. The number of aliphatic hydroxyl groups excluding tert-OH is 4. The summed E-state index contributed by atoms with van der Waals surface area (Å²) < 4.78 is 17.1. The normalized spacial score (nSPS) is 69.9. The molecule has 0 aromatic carbocycles. The van der Waals surface area contributed by atoms with Gasteiger partial charge in [0.05, 0.1) is 17.6 Å². The van der Waals surface area contributed by atoms with Gasteiger partial charge < -0.3 is 44.8 Å². The average molecular weight is 346 g/mol. The van der Waals surface area contributed by atoms with Crippen molar-refractivity contribution in [3.8, 4) is 0 Å². The summed E-state index contributed by atoms with van der Waals surface area (Å²) in [7, 11) is 0. The van der Waals surface area contributed by atoms with Crippen LogP contribution in [-0.2, 0) is 14.2 Å². The third-order valence-electron chi connectivity index (χ3n) is 7.25. The highest BCUT2D eigenvalue weighted by molar-refractivity contribution is 5.32. The molecule has 11 atom stereocenters. The Labute approximate surface area is 137 Å². The summed E-state index contributed by atoms with van der Waals surface area (Å²) in [6.45, 7) is 1.10. The summed E-state index contributed by atoms with van der Waals surface area (Å²) in [6.07, 6.45) is -6.56. The first kappa shape index (κ1) is 15.9. The predicted molar refractivity (Wildman–Crippen MR) is 72.9 cm³/mol. The lowest BCUT2D eigenvalue weighted by atomic mass is 9.39. The number of hydrogen-bond donors (Lipinski definition) is 6. The molecule has 4 heterocycles. The molecule has 0 spiro atoms. The first-order chi connectivity index (χ1) is 11.1. The molecule has 9 nitrogen and oxygen atoms in total. The van der Waals surface area contributed by atoms with Crippen molar-refractivity contribution in [2.45, 2.75) is 67.6 Å². The van der Waals surface area contributed by atoms with Gasteiger partial charge in [-0.05, 0) is 13.3 Å². The van der Waals surface area contributed by atoms with Crippen molar-refractivity contribution >= 4 is 0 Å². The van der Waals surface area contributed by atoms with Crippen molar-refractivity contribution in [2.24, 2.45) is 17.3 Å². The molecule has 6 N–H and O–H groups in total. The van der Waals surface area contributed by atoms with E-state index >= 15 is 0 Å². The fraction of sp³-hybridized carbons (Fsp3) is 1.00. The van der Waals surface area contributed by atoms with Crippen LogP contribution >= 0.6 is 0 Å². The highest BCUT2D eigenvalue weighted by Gasteiger charge is 2.91. The summed E-state index contributed by atoms with van der Waals surface area (Å²) in [5.41, 5.74) is -2.13. The largest absolute Gasteiger partial charge is 0.394 e. The van der Waals surface area contributed by atoms with Gasteiger partial charge >= 0.3 is 0 Å². The summed E-state index contributed by atoms with van der Waals surface area (Å²) in [4.78, 5) is 0. The van der Waals surface area contributed by atoms with Crippen LogP contribution < -0.4 is 0 Å². The van der Waals surface area contributed by atoms with Crippen LogP contribution in [0.3, 0.4) is 0 Å². The number of aliphatic hydroxyl groups is 6. The van der Waals surface area contributed by atoms with Gasteiger partial charge in [-0.3, -0.25) is 0 Å². The lowest BCUT2D eigenvalue weighted by Crippen LogP contribution is -2.82. The van der Waals surface area contributed by atoms with Gasteiger partial charge in [-0.25, -0.2) is 0 Å². The molecule has 9 heteroatoms. The molecule has 0 aromatic heterocycles. The summed E-state index contributed by atoms with van der Waals surface area (Å²) >= 11 is 0. The maximum atomic E-state index is 11.3. The zero-order chi connectivity index (χ0) is 17.3. The van der Waals surface area contributed by atoms with Crippen LogP contribution in [0.2, 0.25) is 0 Å². The predicted octanol–water partition coefficient (Wildman–Crippen LogP) is -2.99. The molecule has 4 saturated heterocycles. The van der Waals surface area contributed by atoms with Crippen LogP contribution in [0.1, 0.15) is 19.8 Å². The Hall–Kier alpha value is -0.360. The minimum Gasteiger partial charge on any atom is -0.394 e. The second-order valence-electron chi connectivity index (χ2n) is 8.13. The van der Waals surface area contributed by atoms with Crippen LogP contribution in [0.4, 0.5) is 0 Å². The van der Waals surface area contributed by atoms with Gasteiger partial charge in [0.2, 0.25) is 5.79 Å². The lowest BCUT2D eigenvalue weighted by Gasteiger charge is -2.69. The van der Waals surface area contributed by atoms with E-state index in [1.165, 1.54) is 0 Å². The molecule has 24 heavy (non-hydrogen) atoms. The van der Waals surface area contributed by atoms with Crippen LogP contribution in [0.25, 0.3) is 0 Å². The Bertz CT molecular complexity index is 599. The minimum absolute atomic E-state index is 0.110. The van der Waals surface area contributed by atoms with E-state index in [0.29, 0.717) is 0 Å². The van der Waals surface area contributed by atoms with Crippen molar-refractivity contribution < 1.29 is 44.8 Å². The molecule has 7 fully saturated rings. The van der Waals surface area contributed by atoms with E-state index in [9.17, 15) is 30.6 Å². The Morgan fingerprint density at radius 1 is 1.04 bits per heavy atom. The van der Waals surface area contributed by atoms with Crippen LogP contribution in [0.5, 0.6) is 0 Å². The van der Waals surface area contributed by atoms with Gasteiger partial charge in [-0.15, -0.1) is 0 Å². The van der Waals surface area contributed by atoms with E-state index in [1.807, 2.05) is 0 Å². The van der Waals surface area contributed by atoms with Gasteiger partial charge in [0.25, 0.3) is 0 Å². The number of rotatable bonds is 2. The topological polar surface area (TPSA) is 149 Å². The van der Waals surface area contributed by atoms with E-state index in [-0.39, 0.29) is 18.8 Å². The standard InChI is InChI=1S/C15H22O9/c1-12-4-14(20)5-2-13(12,7(5)11(23-12)24-14)15(21)10(19)9(18)8(17)6(3-16)22-15/h5-11,16-21H,2-4H2,1H3/t5?,6?,7?,8?,9?,10?,11-,12-,13-,14+,15?/m0/s1. The van der Waals surface area contributed by atoms with Gasteiger partial charge in [0.1, 0.15) is 24.4 Å². The smallest absolute Gasteiger partial charge is 0.204 e. The maximum Gasteiger partial charge on any atom is 0.204 e. The molecule has 7 unspecified atom stereocenters. The van der Waals surface area contributed by atoms with E-state index in [0.717, 1.165) is 0 Å². The lowest BCUT2D eigenvalue weighted by molar-refractivity contribution is -0.456. The molecule has 0 aromatic rings. The Kier molecular flexibility index (Phi) is 2.73. The van der Waals surface area contributed by atoms with E-state index in [4.69, 9.17) is 14.2 Å². The Balaban J connectivity index is 1.61. The fourth-order valence-corrected chi connectivity index (χ4v) is 6.19. The Morgan fingerprint density at radius 2 is 1.75 bits per heavy atom. The molecule has 3 saturated carbocycles. The Morgan fingerprint density at radius 3 is 2.38 bits per heavy atom. The second kappa shape index (κ2) is 4.13. The monoisotopic (exact) mass is 346 g/mol. The third-order valence-corrected chi connectivity index (χ3v) is 7.25. The number of ether oxygens (including phenoxy) is 3. The van der Waals surface area contributed by atoms with Crippen molar-refractivity contribution in [2.75, 3.05) is 6.61 Å². The van der Waals surface area contributed by atoms with Gasteiger partial charge in [-0.1, -0.05) is 0 Å². The highest BCUT2D eigenvalue weighted by atomic mass is 16.8. The van der Waals surface area contributed by atoms with Crippen molar-refractivity contribution in [3.05, 3.63) is 0 Å². The van der Waals surface area contributed by atoms with E-state index in [2.05, 4.69) is 0 Å². The van der Waals surface area contributed by atoms with E-state index in [1.54, 1.807) is 6.92 Å². The molecule has 4 aliphatic heterocycles. The third kappa shape index (κ3) is 1.32. The quantitative estimate of drug-likeness (QED) is 0.308. The van der Waals surface area contributed by atoms with Gasteiger partial charge in [0.15, 0.2) is 12.1 Å². The van der Waals surface area contributed by atoms with Crippen LogP contribution in [0.15, 0.2) is 0 Å². The van der Waals surface area contributed by atoms with Crippen molar-refractivity contribution in [3.63, 3.8) is 0 Å². The number of hydrogen-bond acceptors (Lipinski definition) is 9. The van der Waals surface area contributed by atoms with Gasteiger partial charge in [0, 0.05) is 18.3 Å². The van der Waals surface area contributed by atoms with Crippen LogP contribution in [-0.4, -0.2) is 85.1 Å². The molecule has 7 aliphatic rings. The molecule has 6 bridgehead atoms. The minimum atomic E-state index is -2.24. The SMILES string of the molecule is C[C@@]12C[C@@]3(O)O[C@H](O1)C1C3C[C@]12C1(O)OC(CO)C(O)C(O)C1O. The zero-order valence-corrected chi connectivity index (χ0v) is 13.1. The molecule has 0 radical (unpaired) electrons. The molecule has 0 amide bonds. The van der Waals surface area contributed by atoms with Crippen LogP contribution in [0, 0.1) is 17.3 Å². The molecular formula is C15H22O9. The molecule has 7 rings (SSSR count). The molecule has 136 valence electrons. The zero-order valence-electron chi connectivity index (χ0n) is 13.1. The fourth-order valence-electron chi connectivity index (χ4n) is 6.19. The molecule has 3 aliphatic carbocycles. The summed E-state index contributed by atoms with van der Waals surface area (Å²) in [5.74, 6) is -4.20.